The van der Waals surface area contributed by atoms with Gasteiger partial charge in [0, 0.05) is 24.0 Å². The first-order valence-electron chi connectivity index (χ1n) is 11.5. The van der Waals surface area contributed by atoms with Gasteiger partial charge in [0.05, 0.1) is 0 Å². The topological polar surface area (TPSA) is 58.6 Å². The Morgan fingerprint density at radius 2 is 1.56 bits per heavy atom. The fourth-order valence-electron chi connectivity index (χ4n) is 3.55. The molecule has 0 saturated carbocycles. The van der Waals surface area contributed by atoms with Crippen molar-refractivity contribution < 1.29 is 14.3 Å². The Balaban J connectivity index is 1.89. The predicted molar refractivity (Wildman–Crippen MR) is 138 cm³/mol. The average Bonchev–Trinajstić information content (AvgIpc) is 2.84. The molecule has 0 aliphatic heterocycles. The standard InChI is InChI=1S/C28H31BrN2O3/c1-21(2)18-30-28(33)26(17-22-10-5-3-6-11-22)31(19-23-12-9-13-24(29)16-23)27(32)20-34-25-14-7-4-8-15-25/h3-16,21,26H,17-20H2,1-2H3,(H,30,33)/t26-/m0/s1. The van der Waals surface area contributed by atoms with Gasteiger partial charge in [0.15, 0.2) is 6.61 Å². The molecule has 0 heterocycles. The third-order valence-electron chi connectivity index (χ3n) is 5.30. The lowest BCUT2D eigenvalue weighted by Gasteiger charge is -2.31. The minimum Gasteiger partial charge on any atom is -0.484 e. The molecule has 0 aromatic heterocycles. The summed E-state index contributed by atoms with van der Waals surface area (Å²) in [4.78, 5) is 28.5. The maximum Gasteiger partial charge on any atom is 0.261 e. The van der Waals surface area contributed by atoms with Gasteiger partial charge < -0.3 is 15.0 Å². The van der Waals surface area contributed by atoms with E-state index in [0.29, 0.717) is 31.2 Å². The van der Waals surface area contributed by atoms with Crippen molar-refractivity contribution >= 4 is 27.7 Å². The molecule has 3 aromatic carbocycles. The molecule has 1 atom stereocenters. The molecule has 3 aromatic rings. The van der Waals surface area contributed by atoms with Crippen molar-refractivity contribution in [2.75, 3.05) is 13.2 Å². The number of nitrogens with zero attached hydrogens (tertiary/aromatic N) is 1. The molecule has 6 heteroatoms. The monoisotopic (exact) mass is 522 g/mol. The summed E-state index contributed by atoms with van der Waals surface area (Å²) >= 11 is 3.50. The molecule has 178 valence electrons. The fourth-order valence-corrected chi connectivity index (χ4v) is 4.00. The highest BCUT2D eigenvalue weighted by atomic mass is 79.9. The molecule has 3 rings (SSSR count). The van der Waals surface area contributed by atoms with E-state index in [1.807, 2.05) is 98.8 Å². The van der Waals surface area contributed by atoms with E-state index in [1.165, 1.54) is 0 Å². The number of carbonyl (C=O) groups is 2. The second-order valence-electron chi connectivity index (χ2n) is 8.60. The molecule has 2 amide bonds. The van der Waals surface area contributed by atoms with Crippen LogP contribution < -0.4 is 10.1 Å². The van der Waals surface area contributed by atoms with Gasteiger partial charge in [0.2, 0.25) is 5.91 Å². The van der Waals surface area contributed by atoms with Crippen LogP contribution in [0.1, 0.15) is 25.0 Å². The number of amides is 2. The number of benzene rings is 3. The van der Waals surface area contributed by atoms with E-state index in [9.17, 15) is 9.59 Å². The van der Waals surface area contributed by atoms with Crippen molar-refractivity contribution in [3.63, 3.8) is 0 Å². The van der Waals surface area contributed by atoms with Gasteiger partial charge in [0.25, 0.3) is 5.91 Å². The van der Waals surface area contributed by atoms with E-state index in [4.69, 9.17) is 4.74 Å². The Hall–Kier alpha value is -3.12. The van der Waals surface area contributed by atoms with Gasteiger partial charge in [-0.15, -0.1) is 0 Å². The van der Waals surface area contributed by atoms with Crippen molar-refractivity contribution in [3.05, 3.63) is 101 Å². The van der Waals surface area contributed by atoms with Crippen LogP contribution in [-0.4, -0.2) is 35.9 Å². The highest BCUT2D eigenvalue weighted by Crippen LogP contribution is 2.18. The summed E-state index contributed by atoms with van der Waals surface area (Å²) < 4.78 is 6.67. The Morgan fingerprint density at radius 1 is 0.912 bits per heavy atom. The van der Waals surface area contributed by atoms with Gasteiger partial charge in [-0.25, -0.2) is 0 Å². The smallest absolute Gasteiger partial charge is 0.261 e. The number of ether oxygens (including phenoxy) is 1. The van der Waals surface area contributed by atoms with Crippen LogP contribution in [0.5, 0.6) is 5.75 Å². The number of halogens is 1. The van der Waals surface area contributed by atoms with Gasteiger partial charge in [0.1, 0.15) is 11.8 Å². The Bertz CT molecular complexity index is 1060. The molecule has 34 heavy (non-hydrogen) atoms. The van der Waals surface area contributed by atoms with Crippen LogP contribution in [0, 0.1) is 5.92 Å². The lowest BCUT2D eigenvalue weighted by molar-refractivity contribution is -0.142. The molecule has 0 aliphatic rings. The first-order valence-corrected chi connectivity index (χ1v) is 12.2. The molecule has 0 spiro atoms. The van der Waals surface area contributed by atoms with Gasteiger partial charge in [-0.3, -0.25) is 9.59 Å². The molecular weight excluding hydrogens is 492 g/mol. The van der Waals surface area contributed by atoms with Gasteiger partial charge in [-0.1, -0.05) is 90.4 Å². The molecule has 0 aliphatic carbocycles. The fraction of sp³-hybridized carbons (Fsp3) is 0.286. The maximum absolute atomic E-state index is 13.5. The number of hydrogen-bond acceptors (Lipinski definition) is 3. The van der Waals surface area contributed by atoms with Crippen LogP contribution in [0.15, 0.2) is 89.4 Å². The summed E-state index contributed by atoms with van der Waals surface area (Å²) in [6.07, 6.45) is 0.413. The highest BCUT2D eigenvalue weighted by Gasteiger charge is 2.30. The normalized spacial score (nSPS) is 11.6. The largest absolute Gasteiger partial charge is 0.484 e. The second kappa shape index (κ2) is 12.9. The molecule has 0 radical (unpaired) electrons. The van der Waals surface area contributed by atoms with Crippen LogP contribution >= 0.6 is 15.9 Å². The predicted octanol–water partition coefficient (Wildman–Crippen LogP) is 5.24. The Morgan fingerprint density at radius 3 is 2.21 bits per heavy atom. The van der Waals surface area contributed by atoms with E-state index in [1.54, 1.807) is 4.90 Å². The van der Waals surface area contributed by atoms with Crippen LogP contribution in [0.2, 0.25) is 0 Å². The van der Waals surface area contributed by atoms with Crippen LogP contribution in [0.4, 0.5) is 0 Å². The van der Waals surface area contributed by atoms with Crippen molar-refractivity contribution in [3.8, 4) is 5.75 Å². The summed E-state index contributed by atoms with van der Waals surface area (Å²) in [5, 5.41) is 3.03. The summed E-state index contributed by atoms with van der Waals surface area (Å²) in [5.41, 5.74) is 1.92. The lowest BCUT2D eigenvalue weighted by Crippen LogP contribution is -2.52. The van der Waals surface area contributed by atoms with Gasteiger partial charge >= 0.3 is 0 Å². The van der Waals surface area contributed by atoms with Crippen LogP contribution in [-0.2, 0) is 22.6 Å². The summed E-state index contributed by atoms with van der Waals surface area (Å²) in [5.74, 6) is 0.504. The quantitative estimate of drug-likeness (QED) is 0.374. The molecular formula is C28H31BrN2O3. The molecule has 5 nitrogen and oxygen atoms in total. The van der Waals surface area contributed by atoms with Crippen molar-refractivity contribution in [2.24, 2.45) is 5.92 Å². The van der Waals surface area contributed by atoms with Crippen molar-refractivity contribution in [1.29, 1.82) is 0 Å². The molecule has 0 fully saturated rings. The van der Waals surface area contributed by atoms with Crippen LogP contribution in [0.3, 0.4) is 0 Å². The molecule has 0 saturated heterocycles. The van der Waals surface area contributed by atoms with E-state index in [-0.39, 0.29) is 18.4 Å². The number of hydrogen-bond donors (Lipinski definition) is 1. The Kier molecular flexibility index (Phi) is 9.71. The van der Waals surface area contributed by atoms with Crippen LogP contribution in [0.25, 0.3) is 0 Å². The zero-order valence-electron chi connectivity index (χ0n) is 19.6. The van der Waals surface area contributed by atoms with Gasteiger partial charge in [-0.2, -0.15) is 0 Å². The first kappa shape index (κ1) is 25.5. The van der Waals surface area contributed by atoms with E-state index < -0.39 is 6.04 Å². The number of nitrogens with one attached hydrogen (secondary N) is 1. The summed E-state index contributed by atoms with van der Waals surface area (Å²) in [6, 6.07) is 26.1. The summed E-state index contributed by atoms with van der Waals surface area (Å²) in [6.45, 7) is 4.78. The third-order valence-corrected chi connectivity index (χ3v) is 5.80. The average molecular weight is 523 g/mol. The number of para-hydroxylation sites is 1. The zero-order chi connectivity index (χ0) is 24.3. The number of rotatable bonds is 11. The Labute approximate surface area is 210 Å². The SMILES string of the molecule is CC(C)CNC(=O)[C@H](Cc1ccccc1)N(Cc1cccc(Br)c1)C(=O)COc1ccccc1. The first-order chi connectivity index (χ1) is 16.4. The van der Waals surface area contributed by atoms with E-state index in [0.717, 1.165) is 15.6 Å². The maximum atomic E-state index is 13.5. The molecule has 1 N–H and O–H groups in total. The van der Waals surface area contributed by atoms with E-state index >= 15 is 0 Å². The minimum atomic E-state index is -0.674. The lowest BCUT2D eigenvalue weighted by atomic mass is 10.0. The summed E-state index contributed by atoms with van der Waals surface area (Å²) in [7, 11) is 0. The third kappa shape index (κ3) is 8.03. The van der Waals surface area contributed by atoms with Gasteiger partial charge in [-0.05, 0) is 41.3 Å². The molecule has 0 bridgehead atoms. The number of carbonyl (C=O) groups excluding carboxylic acids is 2. The minimum absolute atomic E-state index is 0.152. The van der Waals surface area contributed by atoms with Crippen molar-refractivity contribution in [1.82, 2.24) is 10.2 Å². The zero-order valence-corrected chi connectivity index (χ0v) is 21.2. The molecule has 0 unspecified atom stereocenters. The van der Waals surface area contributed by atoms with Crippen molar-refractivity contribution in [2.45, 2.75) is 32.9 Å². The van der Waals surface area contributed by atoms with E-state index in [2.05, 4.69) is 21.2 Å². The second-order valence-corrected chi connectivity index (χ2v) is 9.51. The highest BCUT2D eigenvalue weighted by molar-refractivity contribution is 9.10.